The second-order valence-corrected chi connectivity index (χ2v) is 12.1. The van der Waals surface area contributed by atoms with Crippen molar-refractivity contribution in [1.82, 2.24) is 19.8 Å². The molecule has 1 aromatic heterocycles. The normalized spacial score (nSPS) is 20.4. The Labute approximate surface area is 254 Å². The highest BCUT2D eigenvalue weighted by atomic mass is 16.6. The van der Waals surface area contributed by atoms with Crippen molar-refractivity contribution in [3.63, 3.8) is 0 Å². The summed E-state index contributed by atoms with van der Waals surface area (Å²) in [6.45, 7) is 10.8. The van der Waals surface area contributed by atoms with E-state index in [2.05, 4.69) is 25.6 Å². The first-order chi connectivity index (χ1) is 20.7. The molecule has 3 aliphatic rings. The Bertz CT molecular complexity index is 1180. The van der Waals surface area contributed by atoms with E-state index in [0.717, 1.165) is 49.4 Å². The summed E-state index contributed by atoms with van der Waals surface area (Å²) in [5.41, 5.74) is 1.25. The molecule has 3 aliphatic heterocycles. The molecular formula is C30H45N7O6. The summed E-state index contributed by atoms with van der Waals surface area (Å²) in [4.78, 5) is 44.4. The van der Waals surface area contributed by atoms with Crippen molar-refractivity contribution in [1.29, 1.82) is 5.26 Å². The Morgan fingerprint density at radius 1 is 1.14 bits per heavy atom. The fraction of sp³-hybridized carbons (Fsp3) is 0.733. The van der Waals surface area contributed by atoms with Crippen molar-refractivity contribution < 1.29 is 28.5 Å². The van der Waals surface area contributed by atoms with Gasteiger partial charge < -0.3 is 28.7 Å². The topological polar surface area (TPSA) is 143 Å². The number of methoxy groups -OCH3 is 1. The van der Waals surface area contributed by atoms with Crippen LogP contribution in [0.5, 0.6) is 6.01 Å². The SMILES string of the molecule is COC(=O)CCOCCCN1CCCC1COc1nc2c(c(N3CCN(C(=O)OC(C)(C)C)C(CC#N)C3)n1)CC=NC2. The molecule has 4 rings (SSSR count). The molecule has 0 bridgehead atoms. The van der Waals surface area contributed by atoms with Crippen LogP contribution in [-0.2, 0) is 32.0 Å². The van der Waals surface area contributed by atoms with E-state index in [1.807, 2.05) is 27.0 Å². The van der Waals surface area contributed by atoms with Gasteiger partial charge in [0, 0.05) is 57.0 Å². The minimum Gasteiger partial charge on any atom is -0.469 e. The lowest BCUT2D eigenvalue weighted by Crippen LogP contribution is -2.56. The number of hydrogen-bond acceptors (Lipinski definition) is 12. The Hall–Kier alpha value is -3.50. The number of aromatic nitrogens is 2. The lowest BCUT2D eigenvalue weighted by molar-refractivity contribution is -0.141. The minimum atomic E-state index is -0.614. The van der Waals surface area contributed by atoms with E-state index in [0.29, 0.717) is 58.4 Å². The summed E-state index contributed by atoms with van der Waals surface area (Å²) in [5.74, 6) is 0.520. The summed E-state index contributed by atoms with van der Waals surface area (Å²) < 4.78 is 22.1. The molecule has 2 fully saturated rings. The lowest BCUT2D eigenvalue weighted by atomic mass is 10.1. The average Bonchev–Trinajstić information content (AvgIpc) is 3.43. The summed E-state index contributed by atoms with van der Waals surface area (Å²) in [6, 6.07) is 2.50. The first-order valence-electron chi connectivity index (χ1n) is 15.2. The van der Waals surface area contributed by atoms with E-state index in [9.17, 15) is 14.9 Å². The number of piperazine rings is 1. The zero-order valence-corrected chi connectivity index (χ0v) is 25.9. The number of carbonyl (C=O) groups excluding carboxylic acids is 2. The molecule has 0 saturated carbocycles. The monoisotopic (exact) mass is 599 g/mol. The molecule has 236 valence electrons. The van der Waals surface area contributed by atoms with Crippen LogP contribution in [0.1, 0.15) is 64.1 Å². The van der Waals surface area contributed by atoms with Gasteiger partial charge in [-0.15, -0.1) is 0 Å². The van der Waals surface area contributed by atoms with E-state index in [4.69, 9.17) is 24.2 Å². The predicted octanol–water partition coefficient (Wildman–Crippen LogP) is 2.76. The first kappa shape index (κ1) is 32.4. The number of rotatable bonds is 12. The number of esters is 1. The Morgan fingerprint density at radius 2 is 1.98 bits per heavy atom. The Balaban J connectivity index is 1.38. The van der Waals surface area contributed by atoms with Gasteiger partial charge in [0.1, 0.15) is 18.0 Å². The van der Waals surface area contributed by atoms with Gasteiger partial charge in [-0.05, 0) is 46.6 Å². The number of aliphatic imine (C=N–C) groups is 1. The Kier molecular flexibility index (Phi) is 11.5. The predicted molar refractivity (Wildman–Crippen MR) is 159 cm³/mol. The van der Waals surface area contributed by atoms with Crippen molar-refractivity contribution in [2.75, 3.05) is 64.6 Å². The highest BCUT2D eigenvalue weighted by Gasteiger charge is 2.35. The van der Waals surface area contributed by atoms with Crippen LogP contribution >= 0.6 is 0 Å². The van der Waals surface area contributed by atoms with E-state index < -0.39 is 11.7 Å². The van der Waals surface area contributed by atoms with Crippen LogP contribution in [0.3, 0.4) is 0 Å². The molecule has 13 heteroatoms. The second-order valence-electron chi connectivity index (χ2n) is 12.1. The van der Waals surface area contributed by atoms with Crippen LogP contribution in [0, 0.1) is 11.3 Å². The van der Waals surface area contributed by atoms with Crippen LogP contribution in [0.2, 0.25) is 0 Å². The molecule has 0 radical (unpaired) electrons. The highest BCUT2D eigenvalue weighted by molar-refractivity contribution is 5.71. The van der Waals surface area contributed by atoms with Crippen LogP contribution in [0.15, 0.2) is 4.99 Å². The summed E-state index contributed by atoms with van der Waals surface area (Å²) in [5, 5.41) is 9.52. The molecule has 1 amide bonds. The first-order valence-corrected chi connectivity index (χ1v) is 15.2. The number of carbonyl (C=O) groups is 2. The highest BCUT2D eigenvalue weighted by Crippen LogP contribution is 2.30. The van der Waals surface area contributed by atoms with Crippen LogP contribution < -0.4 is 9.64 Å². The fourth-order valence-corrected chi connectivity index (χ4v) is 5.63. The molecule has 43 heavy (non-hydrogen) atoms. The third-order valence-corrected chi connectivity index (χ3v) is 7.77. The van der Waals surface area contributed by atoms with Crippen LogP contribution in [0.4, 0.5) is 10.6 Å². The number of nitriles is 1. The quantitative estimate of drug-likeness (QED) is 0.258. The molecule has 0 N–H and O–H groups in total. The third kappa shape index (κ3) is 9.24. The number of fused-ring (bicyclic) bond motifs is 1. The van der Waals surface area contributed by atoms with Gasteiger partial charge in [-0.1, -0.05) is 0 Å². The van der Waals surface area contributed by atoms with Gasteiger partial charge in [0.25, 0.3) is 0 Å². The number of hydrogen-bond donors (Lipinski definition) is 0. The van der Waals surface area contributed by atoms with Crippen molar-refractivity contribution in [2.24, 2.45) is 4.99 Å². The second kappa shape index (κ2) is 15.3. The summed E-state index contributed by atoms with van der Waals surface area (Å²) in [7, 11) is 1.38. The van der Waals surface area contributed by atoms with Crippen LogP contribution in [0.25, 0.3) is 0 Å². The van der Waals surface area contributed by atoms with Gasteiger partial charge in [0.15, 0.2) is 0 Å². The zero-order valence-electron chi connectivity index (χ0n) is 25.9. The van der Waals surface area contributed by atoms with E-state index >= 15 is 0 Å². The molecule has 0 spiro atoms. The van der Waals surface area contributed by atoms with Crippen LogP contribution in [-0.4, -0.2) is 115 Å². The van der Waals surface area contributed by atoms with Gasteiger partial charge in [0.2, 0.25) is 0 Å². The smallest absolute Gasteiger partial charge is 0.410 e. The van der Waals surface area contributed by atoms with Crippen molar-refractivity contribution in [2.45, 2.75) is 83.5 Å². The number of anilines is 1. The molecular weight excluding hydrogens is 554 g/mol. The lowest BCUT2D eigenvalue weighted by Gasteiger charge is -2.42. The molecule has 2 unspecified atom stereocenters. The van der Waals surface area contributed by atoms with Gasteiger partial charge in [0.05, 0.1) is 50.9 Å². The molecule has 2 atom stereocenters. The largest absolute Gasteiger partial charge is 0.469 e. The number of nitrogens with zero attached hydrogens (tertiary/aromatic N) is 7. The molecule has 13 nitrogen and oxygen atoms in total. The number of ether oxygens (including phenoxy) is 4. The maximum atomic E-state index is 12.9. The van der Waals surface area contributed by atoms with E-state index in [-0.39, 0.29) is 30.9 Å². The van der Waals surface area contributed by atoms with Gasteiger partial charge in [-0.25, -0.2) is 4.79 Å². The maximum Gasteiger partial charge on any atom is 0.410 e. The average molecular weight is 600 g/mol. The van der Waals surface area contributed by atoms with E-state index in [1.165, 1.54) is 7.11 Å². The van der Waals surface area contributed by atoms with Crippen molar-refractivity contribution in [3.8, 4) is 12.1 Å². The Morgan fingerprint density at radius 3 is 2.74 bits per heavy atom. The van der Waals surface area contributed by atoms with Crippen molar-refractivity contribution >= 4 is 24.1 Å². The third-order valence-electron chi connectivity index (χ3n) is 7.77. The van der Waals surface area contributed by atoms with E-state index in [1.54, 1.807) is 4.90 Å². The summed E-state index contributed by atoms with van der Waals surface area (Å²) >= 11 is 0. The maximum absolute atomic E-state index is 12.9. The minimum absolute atomic E-state index is 0.196. The van der Waals surface area contributed by atoms with Gasteiger partial charge in [-0.2, -0.15) is 15.2 Å². The molecule has 0 aliphatic carbocycles. The fourth-order valence-electron chi connectivity index (χ4n) is 5.63. The van der Waals surface area contributed by atoms with Gasteiger partial charge in [-0.3, -0.25) is 14.7 Å². The molecule has 1 aromatic rings. The molecule has 0 aromatic carbocycles. The van der Waals surface area contributed by atoms with Crippen molar-refractivity contribution in [3.05, 3.63) is 11.3 Å². The standard InChI is InChI=1S/C30H45N7O6/c1-30(2,3)43-29(39)37-16-15-36(20-22(37)8-11-31)27-24-9-12-32-19-25(24)33-28(34-27)42-21-23-7-5-13-35(23)14-6-17-41-18-10-26(38)40-4/h12,22-23H,5-10,13-21H2,1-4H3. The number of likely N-dealkylation sites (tertiary alicyclic amines) is 1. The molecule has 2 saturated heterocycles. The zero-order chi connectivity index (χ0) is 30.8. The van der Waals surface area contributed by atoms with Gasteiger partial charge >= 0.3 is 18.1 Å². The summed E-state index contributed by atoms with van der Waals surface area (Å²) in [6.07, 6.45) is 5.58. The number of amides is 1. The molecule has 4 heterocycles.